The van der Waals surface area contributed by atoms with Gasteiger partial charge in [0.05, 0.1) is 24.3 Å². The fourth-order valence-corrected chi connectivity index (χ4v) is 1.84. The quantitative estimate of drug-likeness (QED) is 0.396. The molecular formula is C18H20N2O3. The number of unbranched alkanes of at least 4 members (excludes halogenated alkanes) is 3. The number of rotatable bonds is 9. The van der Waals surface area contributed by atoms with E-state index in [0.717, 1.165) is 25.7 Å². The third-order valence-electron chi connectivity index (χ3n) is 3.12. The van der Waals surface area contributed by atoms with Gasteiger partial charge < -0.3 is 9.47 Å². The predicted molar refractivity (Wildman–Crippen MR) is 85.6 cm³/mol. The molecule has 1 aromatic rings. The monoisotopic (exact) mass is 312 g/mol. The number of ether oxygens (including phenoxy) is 2. The van der Waals surface area contributed by atoms with E-state index < -0.39 is 0 Å². The summed E-state index contributed by atoms with van der Waals surface area (Å²) in [6.45, 7) is 6.10. The number of nitrogens with zero attached hydrogens (tertiary/aromatic N) is 2. The molecule has 0 amide bonds. The summed E-state index contributed by atoms with van der Waals surface area (Å²) in [7, 11) is 0. The highest BCUT2D eigenvalue weighted by Crippen LogP contribution is 2.17. The first-order chi connectivity index (χ1) is 11.1. The van der Waals surface area contributed by atoms with Crippen molar-refractivity contribution in [3.8, 4) is 17.9 Å². The van der Waals surface area contributed by atoms with Crippen LogP contribution in [-0.4, -0.2) is 19.2 Å². The van der Waals surface area contributed by atoms with Crippen LogP contribution in [0.1, 0.15) is 43.7 Å². The number of benzene rings is 1. The van der Waals surface area contributed by atoms with Gasteiger partial charge in [0.1, 0.15) is 17.9 Å². The average Bonchev–Trinajstić information content (AvgIpc) is 2.56. The van der Waals surface area contributed by atoms with Gasteiger partial charge in [0.25, 0.3) is 0 Å². The Kier molecular flexibility index (Phi) is 7.96. The maximum Gasteiger partial charge on any atom is 0.333 e. The zero-order valence-electron chi connectivity index (χ0n) is 13.3. The third-order valence-corrected chi connectivity index (χ3v) is 3.12. The molecule has 0 spiro atoms. The van der Waals surface area contributed by atoms with Gasteiger partial charge in [0.2, 0.25) is 0 Å². The van der Waals surface area contributed by atoms with Crippen molar-refractivity contribution in [1.29, 1.82) is 10.5 Å². The van der Waals surface area contributed by atoms with Crippen LogP contribution in [0.4, 0.5) is 0 Å². The molecule has 5 nitrogen and oxygen atoms in total. The zero-order chi connectivity index (χ0) is 17.1. The lowest BCUT2D eigenvalue weighted by atomic mass is 10.1. The molecule has 0 saturated carbocycles. The maximum absolute atomic E-state index is 11.1. The van der Waals surface area contributed by atoms with Crippen molar-refractivity contribution in [2.24, 2.45) is 0 Å². The van der Waals surface area contributed by atoms with Gasteiger partial charge in [-0.15, -0.1) is 0 Å². The van der Waals surface area contributed by atoms with Gasteiger partial charge in [-0.05, 0) is 50.8 Å². The maximum atomic E-state index is 11.1. The molecule has 0 aliphatic rings. The zero-order valence-corrected chi connectivity index (χ0v) is 13.3. The second-order valence-corrected chi connectivity index (χ2v) is 5.11. The first-order valence-electron chi connectivity index (χ1n) is 7.48. The molecule has 23 heavy (non-hydrogen) atoms. The van der Waals surface area contributed by atoms with Crippen LogP contribution in [0.25, 0.3) is 0 Å². The number of carbonyl (C=O) groups is 1. The van der Waals surface area contributed by atoms with Crippen molar-refractivity contribution in [3.05, 3.63) is 41.5 Å². The number of hydrogen-bond donors (Lipinski definition) is 0. The molecule has 0 aliphatic carbocycles. The van der Waals surface area contributed by atoms with Crippen molar-refractivity contribution in [1.82, 2.24) is 0 Å². The van der Waals surface area contributed by atoms with Crippen molar-refractivity contribution < 1.29 is 14.3 Å². The van der Waals surface area contributed by atoms with Crippen LogP contribution < -0.4 is 4.74 Å². The van der Waals surface area contributed by atoms with Crippen molar-refractivity contribution in [3.63, 3.8) is 0 Å². The van der Waals surface area contributed by atoms with E-state index in [1.54, 1.807) is 25.1 Å². The first kappa shape index (κ1) is 18.3. The number of esters is 1. The van der Waals surface area contributed by atoms with E-state index >= 15 is 0 Å². The van der Waals surface area contributed by atoms with E-state index in [0.29, 0.717) is 35.7 Å². The van der Waals surface area contributed by atoms with Crippen molar-refractivity contribution in [2.75, 3.05) is 13.2 Å². The lowest BCUT2D eigenvalue weighted by Crippen LogP contribution is -2.06. The largest absolute Gasteiger partial charge is 0.494 e. The molecule has 0 fully saturated rings. The van der Waals surface area contributed by atoms with Crippen LogP contribution >= 0.6 is 0 Å². The van der Waals surface area contributed by atoms with Gasteiger partial charge in [-0.3, -0.25) is 0 Å². The third kappa shape index (κ3) is 6.67. The van der Waals surface area contributed by atoms with Crippen molar-refractivity contribution in [2.45, 2.75) is 32.6 Å². The minimum absolute atomic E-state index is 0.323. The van der Waals surface area contributed by atoms with Gasteiger partial charge >= 0.3 is 5.97 Å². The molecule has 0 aliphatic heterocycles. The summed E-state index contributed by atoms with van der Waals surface area (Å²) in [5, 5.41) is 17.8. The lowest BCUT2D eigenvalue weighted by molar-refractivity contribution is -0.139. The molecule has 1 aromatic carbocycles. The Balaban J connectivity index is 2.16. The van der Waals surface area contributed by atoms with Gasteiger partial charge in [-0.1, -0.05) is 6.58 Å². The smallest absolute Gasteiger partial charge is 0.333 e. The summed E-state index contributed by atoms with van der Waals surface area (Å²) in [6.07, 6.45) is 3.60. The Hall–Kier alpha value is -2.79. The van der Waals surface area contributed by atoms with E-state index in [9.17, 15) is 4.79 Å². The molecule has 0 saturated heterocycles. The molecule has 5 heteroatoms. The minimum Gasteiger partial charge on any atom is -0.494 e. The Morgan fingerprint density at radius 1 is 1.09 bits per heavy atom. The van der Waals surface area contributed by atoms with Crippen LogP contribution in [0.5, 0.6) is 5.75 Å². The highest BCUT2D eigenvalue weighted by Gasteiger charge is 2.04. The van der Waals surface area contributed by atoms with Gasteiger partial charge in [0.15, 0.2) is 0 Å². The molecule has 0 aromatic heterocycles. The SMILES string of the molecule is C=C(C)C(=O)OCCCCCCOc1ccc(C#N)c(C#N)c1. The van der Waals surface area contributed by atoms with Crippen LogP contribution in [-0.2, 0) is 9.53 Å². The van der Waals surface area contributed by atoms with Gasteiger partial charge in [0, 0.05) is 5.57 Å². The highest BCUT2D eigenvalue weighted by atomic mass is 16.5. The molecule has 120 valence electrons. The topological polar surface area (TPSA) is 83.1 Å². The Labute approximate surface area is 136 Å². The summed E-state index contributed by atoms with van der Waals surface area (Å²) in [4.78, 5) is 11.1. The second-order valence-electron chi connectivity index (χ2n) is 5.11. The predicted octanol–water partition coefficient (Wildman–Crippen LogP) is 3.49. The summed E-state index contributed by atoms with van der Waals surface area (Å²) >= 11 is 0. The van der Waals surface area contributed by atoms with E-state index in [1.807, 2.05) is 12.1 Å². The van der Waals surface area contributed by atoms with E-state index in [1.165, 1.54) is 0 Å². The standard InChI is InChI=1S/C18H20N2O3/c1-14(2)18(21)23-10-6-4-3-5-9-22-17-8-7-15(12-19)16(11-17)13-20/h7-8,11H,1,3-6,9-10H2,2H3. The normalized spacial score (nSPS) is 9.52. The molecular weight excluding hydrogens is 292 g/mol. The molecule has 0 radical (unpaired) electrons. The van der Waals surface area contributed by atoms with Crippen molar-refractivity contribution >= 4 is 5.97 Å². The summed E-state index contributed by atoms with van der Waals surface area (Å²) in [5.41, 5.74) is 1.09. The molecule has 0 atom stereocenters. The summed E-state index contributed by atoms with van der Waals surface area (Å²) in [5.74, 6) is 0.249. The van der Waals surface area contributed by atoms with E-state index in [2.05, 4.69) is 6.58 Å². The van der Waals surface area contributed by atoms with Crippen LogP contribution in [0, 0.1) is 22.7 Å². The number of hydrogen-bond acceptors (Lipinski definition) is 5. The fraction of sp³-hybridized carbons (Fsp3) is 0.389. The Morgan fingerprint density at radius 2 is 1.74 bits per heavy atom. The van der Waals surface area contributed by atoms with Crippen LogP contribution in [0.15, 0.2) is 30.4 Å². The number of nitriles is 2. The highest BCUT2D eigenvalue weighted by molar-refractivity contribution is 5.86. The molecule has 0 unspecified atom stereocenters. The fourth-order valence-electron chi connectivity index (χ4n) is 1.84. The van der Waals surface area contributed by atoms with Crippen LogP contribution in [0.2, 0.25) is 0 Å². The molecule has 0 bridgehead atoms. The van der Waals surface area contributed by atoms with E-state index in [-0.39, 0.29) is 5.97 Å². The molecule has 0 heterocycles. The number of carbonyl (C=O) groups excluding carboxylic acids is 1. The molecule has 1 rings (SSSR count). The Morgan fingerprint density at radius 3 is 2.35 bits per heavy atom. The second kappa shape index (κ2) is 10.0. The van der Waals surface area contributed by atoms with E-state index in [4.69, 9.17) is 20.0 Å². The van der Waals surface area contributed by atoms with Gasteiger partial charge in [-0.2, -0.15) is 10.5 Å². The average molecular weight is 312 g/mol. The minimum atomic E-state index is -0.345. The van der Waals surface area contributed by atoms with Gasteiger partial charge in [-0.25, -0.2) is 4.79 Å². The first-order valence-corrected chi connectivity index (χ1v) is 7.48. The summed E-state index contributed by atoms with van der Waals surface area (Å²) in [6, 6.07) is 8.80. The van der Waals surface area contributed by atoms with Crippen LogP contribution in [0.3, 0.4) is 0 Å². The lowest BCUT2D eigenvalue weighted by Gasteiger charge is -2.07. The summed E-state index contributed by atoms with van der Waals surface area (Å²) < 4.78 is 10.6. The molecule has 0 N–H and O–H groups in total. The Bertz CT molecular complexity index is 639.